The van der Waals surface area contributed by atoms with E-state index in [1.54, 1.807) is 11.3 Å². The van der Waals surface area contributed by atoms with Crippen LogP contribution in [0.25, 0.3) is 0 Å². The summed E-state index contributed by atoms with van der Waals surface area (Å²) in [5, 5.41) is 2.00. The second-order valence-electron chi connectivity index (χ2n) is 4.35. The number of thiophene rings is 1. The maximum absolute atomic E-state index is 11.8. The SMILES string of the molecule is NC(CCC(=O)Cc1cccs1)c1ccccc1. The van der Waals surface area contributed by atoms with Gasteiger partial charge in [0, 0.05) is 23.8 Å². The van der Waals surface area contributed by atoms with Gasteiger partial charge < -0.3 is 5.73 Å². The first-order chi connectivity index (χ1) is 8.75. The topological polar surface area (TPSA) is 43.1 Å². The second-order valence-corrected chi connectivity index (χ2v) is 5.38. The molecule has 1 unspecified atom stereocenters. The van der Waals surface area contributed by atoms with E-state index in [1.807, 2.05) is 47.8 Å². The Morgan fingerprint density at radius 3 is 2.61 bits per heavy atom. The molecule has 3 heteroatoms. The minimum Gasteiger partial charge on any atom is -0.324 e. The van der Waals surface area contributed by atoms with Crippen molar-refractivity contribution < 1.29 is 4.79 Å². The first kappa shape index (κ1) is 13.0. The zero-order valence-corrected chi connectivity index (χ0v) is 11.0. The summed E-state index contributed by atoms with van der Waals surface area (Å²) < 4.78 is 0. The standard InChI is InChI=1S/C15H17NOS/c16-15(12-5-2-1-3-6-12)9-8-13(17)11-14-7-4-10-18-14/h1-7,10,15H,8-9,11,16H2. The molecule has 18 heavy (non-hydrogen) atoms. The second kappa shape index (κ2) is 6.47. The van der Waals surface area contributed by atoms with Crippen molar-refractivity contribution in [3.63, 3.8) is 0 Å². The first-order valence-electron chi connectivity index (χ1n) is 6.10. The highest BCUT2D eigenvalue weighted by Gasteiger charge is 2.09. The molecule has 0 aliphatic heterocycles. The van der Waals surface area contributed by atoms with Crippen LogP contribution in [-0.4, -0.2) is 5.78 Å². The van der Waals surface area contributed by atoms with Crippen LogP contribution >= 0.6 is 11.3 Å². The van der Waals surface area contributed by atoms with Crippen molar-refractivity contribution in [3.05, 3.63) is 58.3 Å². The average molecular weight is 259 g/mol. The number of benzene rings is 1. The maximum Gasteiger partial charge on any atom is 0.138 e. The molecule has 2 N–H and O–H groups in total. The number of hydrogen-bond donors (Lipinski definition) is 1. The van der Waals surface area contributed by atoms with E-state index < -0.39 is 0 Å². The highest BCUT2D eigenvalue weighted by Crippen LogP contribution is 2.17. The van der Waals surface area contributed by atoms with Crippen molar-refractivity contribution >= 4 is 17.1 Å². The predicted molar refractivity (Wildman–Crippen MR) is 75.6 cm³/mol. The molecule has 1 aromatic carbocycles. The van der Waals surface area contributed by atoms with Gasteiger partial charge in [0.1, 0.15) is 5.78 Å². The Hall–Kier alpha value is -1.45. The fraction of sp³-hybridized carbons (Fsp3) is 0.267. The van der Waals surface area contributed by atoms with Crippen molar-refractivity contribution in [1.82, 2.24) is 0 Å². The minimum atomic E-state index is -0.0431. The van der Waals surface area contributed by atoms with E-state index >= 15 is 0 Å². The van der Waals surface area contributed by atoms with Crippen LogP contribution in [0, 0.1) is 0 Å². The molecule has 0 fully saturated rings. The highest BCUT2D eigenvalue weighted by molar-refractivity contribution is 7.10. The summed E-state index contributed by atoms with van der Waals surface area (Å²) in [6.07, 6.45) is 1.81. The van der Waals surface area contributed by atoms with Crippen LogP contribution in [0.15, 0.2) is 47.8 Å². The third-order valence-electron chi connectivity index (χ3n) is 2.91. The van der Waals surface area contributed by atoms with Gasteiger partial charge in [0.05, 0.1) is 0 Å². The van der Waals surface area contributed by atoms with Gasteiger partial charge in [0.15, 0.2) is 0 Å². The molecule has 0 aliphatic rings. The summed E-state index contributed by atoms with van der Waals surface area (Å²) in [6.45, 7) is 0. The number of Topliss-reactive ketones (excluding diaryl/α,β-unsaturated/α-hetero) is 1. The van der Waals surface area contributed by atoms with Crippen LogP contribution in [0.4, 0.5) is 0 Å². The number of rotatable bonds is 6. The molecule has 1 atom stereocenters. The molecule has 0 saturated carbocycles. The molecular weight excluding hydrogens is 242 g/mol. The summed E-state index contributed by atoms with van der Waals surface area (Å²) in [4.78, 5) is 12.9. The Labute approximate surface area is 111 Å². The van der Waals surface area contributed by atoms with Crippen molar-refractivity contribution in [2.45, 2.75) is 25.3 Å². The number of nitrogens with two attached hydrogens (primary N) is 1. The predicted octanol–water partition coefficient (Wildman–Crippen LogP) is 3.34. The molecule has 0 aliphatic carbocycles. The van der Waals surface area contributed by atoms with E-state index in [-0.39, 0.29) is 11.8 Å². The fourth-order valence-corrected chi connectivity index (χ4v) is 2.61. The molecule has 1 aromatic heterocycles. The average Bonchev–Trinajstić information content (AvgIpc) is 2.90. The Kier molecular flexibility index (Phi) is 4.67. The molecule has 0 spiro atoms. The third-order valence-corrected chi connectivity index (χ3v) is 3.79. The number of carbonyl (C=O) groups is 1. The monoisotopic (exact) mass is 259 g/mol. The highest BCUT2D eigenvalue weighted by atomic mass is 32.1. The van der Waals surface area contributed by atoms with E-state index in [0.29, 0.717) is 19.3 Å². The van der Waals surface area contributed by atoms with Gasteiger partial charge >= 0.3 is 0 Å². The smallest absolute Gasteiger partial charge is 0.138 e. The molecule has 0 saturated heterocycles. The Balaban J connectivity index is 1.79. The van der Waals surface area contributed by atoms with E-state index in [4.69, 9.17) is 5.73 Å². The zero-order chi connectivity index (χ0) is 12.8. The molecule has 2 aromatic rings. The van der Waals surface area contributed by atoms with Gasteiger partial charge in [0.25, 0.3) is 0 Å². The van der Waals surface area contributed by atoms with Crippen molar-refractivity contribution in [2.75, 3.05) is 0 Å². The van der Waals surface area contributed by atoms with Gasteiger partial charge in [-0.1, -0.05) is 36.4 Å². The van der Waals surface area contributed by atoms with E-state index in [9.17, 15) is 4.79 Å². The van der Waals surface area contributed by atoms with Crippen LogP contribution in [0.5, 0.6) is 0 Å². The Morgan fingerprint density at radius 1 is 1.17 bits per heavy atom. The Morgan fingerprint density at radius 2 is 1.94 bits per heavy atom. The molecule has 94 valence electrons. The van der Waals surface area contributed by atoms with Crippen molar-refractivity contribution in [3.8, 4) is 0 Å². The van der Waals surface area contributed by atoms with Crippen molar-refractivity contribution in [1.29, 1.82) is 0 Å². The normalized spacial score (nSPS) is 12.3. The summed E-state index contributed by atoms with van der Waals surface area (Å²) in [7, 11) is 0. The van der Waals surface area contributed by atoms with Crippen LogP contribution in [0.3, 0.4) is 0 Å². The van der Waals surface area contributed by atoms with Crippen LogP contribution in [-0.2, 0) is 11.2 Å². The summed E-state index contributed by atoms with van der Waals surface area (Å²) in [5.41, 5.74) is 7.17. The largest absolute Gasteiger partial charge is 0.324 e. The van der Waals surface area contributed by atoms with Gasteiger partial charge in [-0.25, -0.2) is 0 Å². The molecular formula is C15H17NOS. The third kappa shape index (κ3) is 3.79. The quantitative estimate of drug-likeness (QED) is 0.864. The maximum atomic E-state index is 11.8. The zero-order valence-electron chi connectivity index (χ0n) is 10.2. The lowest BCUT2D eigenvalue weighted by molar-refractivity contribution is -0.118. The summed E-state index contributed by atoms with van der Waals surface area (Å²) in [5.74, 6) is 0.267. The fourth-order valence-electron chi connectivity index (χ4n) is 1.88. The van der Waals surface area contributed by atoms with E-state index in [0.717, 1.165) is 10.4 Å². The first-order valence-corrected chi connectivity index (χ1v) is 6.98. The van der Waals surface area contributed by atoms with Gasteiger partial charge in [-0.2, -0.15) is 0 Å². The van der Waals surface area contributed by atoms with Crippen molar-refractivity contribution in [2.24, 2.45) is 5.73 Å². The lowest BCUT2D eigenvalue weighted by Crippen LogP contribution is -2.13. The van der Waals surface area contributed by atoms with Gasteiger partial charge in [-0.3, -0.25) is 4.79 Å². The van der Waals surface area contributed by atoms with Crippen LogP contribution in [0.1, 0.15) is 29.3 Å². The molecule has 1 heterocycles. The number of carbonyl (C=O) groups excluding carboxylic acids is 1. The lowest BCUT2D eigenvalue weighted by Gasteiger charge is -2.10. The summed E-state index contributed by atoms with van der Waals surface area (Å²) in [6, 6.07) is 13.9. The van der Waals surface area contributed by atoms with E-state index in [1.165, 1.54) is 0 Å². The molecule has 0 bridgehead atoms. The van der Waals surface area contributed by atoms with Crippen LogP contribution in [0.2, 0.25) is 0 Å². The van der Waals surface area contributed by atoms with Gasteiger partial charge in [-0.15, -0.1) is 11.3 Å². The number of ketones is 1. The minimum absolute atomic E-state index is 0.0431. The molecule has 0 radical (unpaired) electrons. The number of hydrogen-bond acceptors (Lipinski definition) is 3. The molecule has 0 amide bonds. The summed E-state index contributed by atoms with van der Waals surface area (Å²) >= 11 is 1.63. The van der Waals surface area contributed by atoms with E-state index in [2.05, 4.69) is 0 Å². The molecule has 2 nitrogen and oxygen atoms in total. The molecule has 2 rings (SSSR count). The van der Waals surface area contributed by atoms with Gasteiger partial charge in [-0.05, 0) is 23.4 Å². The van der Waals surface area contributed by atoms with Crippen LogP contribution < -0.4 is 5.73 Å². The van der Waals surface area contributed by atoms with Gasteiger partial charge in [0.2, 0.25) is 0 Å². The lowest BCUT2D eigenvalue weighted by atomic mass is 10.0. The Bertz CT molecular complexity index is 478.